The van der Waals surface area contributed by atoms with Crippen molar-refractivity contribution in [3.63, 3.8) is 0 Å². The fraction of sp³-hybridized carbons (Fsp3) is 1.00. The Morgan fingerprint density at radius 1 is 1.08 bits per heavy atom. The molecule has 0 spiro atoms. The standard InChI is InChI=1S/C8H14F3N/c9-8(10,11)7(12)6-4-2-1-3-5-6/h6-7H,1-5,12H2/t7-/m0/s1. The van der Waals surface area contributed by atoms with Gasteiger partial charge in [-0.05, 0) is 18.8 Å². The molecule has 1 fully saturated rings. The van der Waals surface area contributed by atoms with Crippen LogP contribution in [0.4, 0.5) is 13.2 Å². The molecule has 1 rings (SSSR count). The minimum absolute atomic E-state index is 0.334. The van der Waals surface area contributed by atoms with Gasteiger partial charge in [-0.15, -0.1) is 0 Å². The van der Waals surface area contributed by atoms with Gasteiger partial charge in [0.2, 0.25) is 0 Å². The van der Waals surface area contributed by atoms with Crippen molar-refractivity contribution in [1.82, 2.24) is 0 Å². The maximum Gasteiger partial charge on any atom is 0.403 e. The van der Waals surface area contributed by atoms with Crippen molar-refractivity contribution >= 4 is 0 Å². The Morgan fingerprint density at radius 3 is 2.00 bits per heavy atom. The summed E-state index contributed by atoms with van der Waals surface area (Å²) in [4.78, 5) is 0. The topological polar surface area (TPSA) is 26.0 Å². The van der Waals surface area contributed by atoms with Gasteiger partial charge in [0.1, 0.15) is 6.04 Å². The van der Waals surface area contributed by atoms with Crippen LogP contribution in [0.5, 0.6) is 0 Å². The van der Waals surface area contributed by atoms with Gasteiger partial charge in [0.15, 0.2) is 0 Å². The molecular formula is C8H14F3N. The summed E-state index contributed by atoms with van der Waals surface area (Å²) in [5, 5.41) is 0. The zero-order valence-electron chi connectivity index (χ0n) is 6.90. The molecule has 0 aliphatic heterocycles. The van der Waals surface area contributed by atoms with E-state index >= 15 is 0 Å². The normalized spacial score (nSPS) is 24.0. The Bertz CT molecular complexity index is 138. The van der Waals surface area contributed by atoms with Crippen LogP contribution in [-0.2, 0) is 0 Å². The SMILES string of the molecule is N[C@@H](C1CCCCC1)C(F)(F)F. The van der Waals surface area contributed by atoms with Crippen LogP contribution < -0.4 is 5.73 Å². The van der Waals surface area contributed by atoms with Crippen molar-refractivity contribution in [2.24, 2.45) is 11.7 Å². The van der Waals surface area contributed by atoms with Crippen LogP contribution in [0.25, 0.3) is 0 Å². The van der Waals surface area contributed by atoms with Gasteiger partial charge in [-0.1, -0.05) is 19.3 Å². The number of halogens is 3. The van der Waals surface area contributed by atoms with Gasteiger partial charge in [0.25, 0.3) is 0 Å². The molecule has 0 aromatic rings. The molecule has 1 saturated carbocycles. The maximum absolute atomic E-state index is 12.1. The van der Waals surface area contributed by atoms with E-state index in [4.69, 9.17) is 5.73 Å². The lowest BCUT2D eigenvalue weighted by atomic mass is 9.84. The number of rotatable bonds is 1. The molecule has 2 N–H and O–H groups in total. The molecule has 0 radical (unpaired) electrons. The Balaban J connectivity index is 2.45. The molecule has 1 aliphatic carbocycles. The first-order chi connectivity index (χ1) is 5.52. The number of alkyl halides is 3. The third kappa shape index (κ3) is 2.37. The largest absolute Gasteiger partial charge is 0.403 e. The minimum atomic E-state index is -4.21. The molecule has 4 heteroatoms. The van der Waals surface area contributed by atoms with Crippen molar-refractivity contribution in [2.75, 3.05) is 0 Å². The zero-order valence-corrected chi connectivity index (χ0v) is 6.90. The van der Waals surface area contributed by atoms with Crippen LogP contribution >= 0.6 is 0 Å². The Hall–Kier alpha value is -0.250. The summed E-state index contributed by atoms with van der Waals surface area (Å²) in [7, 11) is 0. The van der Waals surface area contributed by atoms with Gasteiger partial charge in [0.05, 0.1) is 0 Å². The second-order valence-electron chi connectivity index (χ2n) is 3.47. The summed E-state index contributed by atoms with van der Waals surface area (Å²) in [6.07, 6.45) is -0.0761. The van der Waals surface area contributed by atoms with Gasteiger partial charge in [0, 0.05) is 0 Å². The monoisotopic (exact) mass is 181 g/mol. The van der Waals surface area contributed by atoms with E-state index in [1.54, 1.807) is 0 Å². The average molecular weight is 181 g/mol. The third-order valence-corrected chi connectivity index (χ3v) is 2.54. The van der Waals surface area contributed by atoms with Crippen LogP contribution in [-0.4, -0.2) is 12.2 Å². The molecule has 1 nitrogen and oxygen atoms in total. The Kier molecular flexibility index (Phi) is 2.99. The van der Waals surface area contributed by atoms with Crippen LogP contribution in [0.1, 0.15) is 32.1 Å². The Labute approximate surface area is 70.1 Å². The highest BCUT2D eigenvalue weighted by atomic mass is 19.4. The molecule has 0 heterocycles. The molecule has 1 aliphatic rings. The molecule has 0 aromatic carbocycles. The van der Waals surface area contributed by atoms with E-state index in [0.717, 1.165) is 19.3 Å². The minimum Gasteiger partial charge on any atom is -0.320 e. The van der Waals surface area contributed by atoms with Crippen molar-refractivity contribution in [3.8, 4) is 0 Å². The van der Waals surface area contributed by atoms with Gasteiger partial charge in [-0.25, -0.2) is 0 Å². The highest BCUT2D eigenvalue weighted by Gasteiger charge is 2.41. The summed E-state index contributed by atoms with van der Waals surface area (Å²) in [5.74, 6) is -0.334. The predicted octanol–water partition coefficient (Wildman–Crippen LogP) is 2.46. The average Bonchev–Trinajstić information content (AvgIpc) is 2.03. The summed E-state index contributed by atoms with van der Waals surface area (Å²) >= 11 is 0. The first-order valence-corrected chi connectivity index (χ1v) is 4.34. The summed E-state index contributed by atoms with van der Waals surface area (Å²) in [6, 6.07) is -1.60. The molecule has 0 amide bonds. The van der Waals surface area contributed by atoms with Crippen LogP contribution in [0.2, 0.25) is 0 Å². The number of hydrogen-bond donors (Lipinski definition) is 1. The molecular weight excluding hydrogens is 167 g/mol. The fourth-order valence-corrected chi connectivity index (χ4v) is 1.76. The lowest BCUT2D eigenvalue weighted by Crippen LogP contribution is -2.44. The number of nitrogens with two attached hydrogens (primary N) is 1. The smallest absolute Gasteiger partial charge is 0.320 e. The molecule has 0 aromatic heterocycles. The lowest BCUT2D eigenvalue weighted by Gasteiger charge is -2.28. The van der Waals surface area contributed by atoms with Gasteiger partial charge < -0.3 is 5.73 Å². The van der Waals surface area contributed by atoms with Crippen molar-refractivity contribution < 1.29 is 13.2 Å². The van der Waals surface area contributed by atoms with Gasteiger partial charge in [-0.3, -0.25) is 0 Å². The van der Waals surface area contributed by atoms with E-state index in [9.17, 15) is 13.2 Å². The zero-order chi connectivity index (χ0) is 9.19. The fourth-order valence-electron chi connectivity index (χ4n) is 1.76. The van der Waals surface area contributed by atoms with Crippen molar-refractivity contribution in [1.29, 1.82) is 0 Å². The first kappa shape index (κ1) is 9.84. The van der Waals surface area contributed by atoms with Crippen LogP contribution in [0.3, 0.4) is 0 Å². The lowest BCUT2D eigenvalue weighted by molar-refractivity contribution is -0.161. The second kappa shape index (κ2) is 3.64. The molecule has 12 heavy (non-hydrogen) atoms. The third-order valence-electron chi connectivity index (χ3n) is 2.54. The summed E-state index contributed by atoms with van der Waals surface area (Å²) < 4.78 is 36.3. The molecule has 1 atom stereocenters. The van der Waals surface area contributed by atoms with Crippen molar-refractivity contribution in [3.05, 3.63) is 0 Å². The van der Waals surface area contributed by atoms with E-state index < -0.39 is 12.2 Å². The molecule has 0 bridgehead atoms. The van der Waals surface area contributed by atoms with E-state index in [1.165, 1.54) is 0 Å². The first-order valence-electron chi connectivity index (χ1n) is 4.34. The van der Waals surface area contributed by atoms with E-state index in [1.807, 2.05) is 0 Å². The highest BCUT2D eigenvalue weighted by molar-refractivity contribution is 4.81. The van der Waals surface area contributed by atoms with Crippen LogP contribution in [0, 0.1) is 5.92 Å². The maximum atomic E-state index is 12.1. The second-order valence-corrected chi connectivity index (χ2v) is 3.47. The van der Waals surface area contributed by atoms with Gasteiger partial charge >= 0.3 is 6.18 Å². The van der Waals surface area contributed by atoms with E-state index in [0.29, 0.717) is 12.8 Å². The van der Waals surface area contributed by atoms with Crippen LogP contribution in [0.15, 0.2) is 0 Å². The molecule has 72 valence electrons. The molecule has 0 saturated heterocycles. The quantitative estimate of drug-likeness (QED) is 0.660. The Morgan fingerprint density at radius 2 is 1.58 bits per heavy atom. The van der Waals surface area contributed by atoms with Crippen molar-refractivity contribution in [2.45, 2.75) is 44.3 Å². The summed E-state index contributed by atoms with van der Waals surface area (Å²) in [6.45, 7) is 0. The molecule has 0 unspecified atom stereocenters. The van der Waals surface area contributed by atoms with E-state index in [2.05, 4.69) is 0 Å². The van der Waals surface area contributed by atoms with E-state index in [-0.39, 0.29) is 5.92 Å². The van der Waals surface area contributed by atoms with Gasteiger partial charge in [-0.2, -0.15) is 13.2 Å². The predicted molar refractivity (Wildman–Crippen MR) is 40.6 cm³/mol. The highest BCUT2D eigenvalue weighted by Crippen LogP contribution is 2.32. The number of hydrogen-bond acceptors (Lipinski definition) is 1. The summed E-state index contributed by atoms with van der Waals surface area (Å²) in [5.41, 5.74) is 5.10.